The normalized spacial score (nSPS) is 29.2. The molecule has 1 heterocycles. The van der Waals surface area contributed by atoms with Gasteiger partial charge in [-0.1, -0.05) is 0 Å². The molecule has 0 saturated heterocycles. The Morgan fingerprint density at radius 2 is 1.96 bits per heavy atom. The van der Waals surface area contributed by atoms with Crippen LogP contribution < -0.4 is 16.7 Å². The maximum atomic E-state index is 12.5. The first kappa shape index (κ1) is 17.3. The molecule has 7 heteroatoms. The molecule has 0 spiro atoms. The molecule has 1 aromatic heterocycles. The Labute approximate surface area is 151 Å². The summed E-state index contributed by atoms with van der Waals surface area (Å²) in [5, 5.41) is 12.7. The Morgan fingerprint density at radius 3 is 2.65 bits per heavy atom. The number of H-pyrrole nitrogens is 1. The number of carbonyl (C=O) groups is 1. The van der Waals surface area contributed by atoms with Gasteiger partial charge in [0.15, 0.2) is 0 Å². The Balaban J connectivity index is 1.56. The number of hydrogen-bond acceptors (Lipinski definition) is 4. The zero-order valence-corrected chi connectivity index (χ0v) is 14.8. The number of nitrogens with two attached hydrogens (primary N) is 1. The molecule has 4 rings (SSSR count). The first-order chi connectivity index (χ1) is 12.5. The Kier molecular flexibility index (Phi) is 4.58. The number of nitrogens with zero attached hydrogens (tertiary/aromatic N) is 1. The van der Waals surface area contributed by atoms with Crippen LogP contribution in [-0.4, -0.2) is 38.8 Å². The van der Waals surface area contributed by atoms with Crippen LogP contribution in [0.15, 0.2) is 23.0 Å². The third-order valence-electron chi connectivity index (χ3n) is 5.82. The molecule has 1 aromatic carbocycles. The van der Waals surface area contributed by atoms with Crippen LogP contribution >= 0.6 is 0 Å². The second-order valence-corrected chi connectivity index (χ2v) is 7.74. The lowest BCUT2D eigenvalue weighted by molar-refractivity contribution is 0.0937. The quantitative estimate of drug-likeness (QED) is 0.664. The summed E-state index contributed by atoms with van der Waals surface area (Å²) in [6.45, 7) is 0. The fourth-order valence-electron chi connectivity index (χ4n) is 4.37. The number of benzene rings is 1. The van der Waals surface area contributed by atoms with E-state index in [-0.39, 0.29) is 35.8 Å². The van der Waals surface area contributed by atoms with E-state index in [9.17, 15) is 14.7 Å². The number of aliphatic hydroxyl groups is 1. The molecule has 0 bridgehead atoms. The monoisotopic (exact) mass is 358 g/mol. The number of nitrogens with one attached hydrogen (secondary N) is 2. The van der Waals surface area contributed by atoms with Crippen LogP contribution in [0.5, 0.6) is 0 Å². The molecule has 7 nitrogen and oxygen atoms in total. The van der Waals surface area contributed by atoms with Crippen LogP contribution in [0.4, 0.5) is 0 Å². The molecule has 140 valence electrons. The summed E-state index contributed by atoms with van der Waals surface area (Å²) < 4.78 is 1.78. The molecule has 2 aliphatic rings. The zero-order valence-electron chi connectivity index (χ0n) is 14.8. The number of fused-ring (bicyclic) bond motifs is 1. The van der Waals surface area contributed by atoms with Crippen LogP contribution in [0.1, 0.15) is 61.3 Å². The predicted octanol–water partition coefficient (Wildman–Crippen LogP) is 1.42. The van der Waals surface area contributed by atoms with E-state index in [4.69, 9.17) is 5.73 Å². The standard InChI is InChI=1S/C19H26N4O3/c20-12-2-3-13(10-12)21-18(25)11-1-8-17-16(9-11)22-19(26)23(17)14-4-6-15(24)7-5-14/h1,8-9,12-15,24H,2-7,10,20H2,(H,21,25)(H,22,26)/t12-,13-,14?,15?/m1/s1. The smallest absolute Gasteiger partial charge is 0.326 e. The molecule has 2 aromatic rings. The van der Waals surface area contributed by atoms with E-state index in [0.29, 0.717) is 23.9 Å². The van der Waals surface area contributed by atoms with Crippen molar-refractivity contribution in [1.82, 2.24) is 14.9 Å². The summed E-state index contributed by atoms with van der Waals surface area (Å²) >= 11 is 0. The van der Waals surface area contributed by atoms with Gasteiger partial charge < -0.3 is 21.1 Å². The van der Waals surface area contributed by atoms with Crippen LogP contribution in [0.25, 0.3) is 11.0 Å². The van der Waals surface area contributed by atoms with Gasteiger partial charge in [-0.15, -0.1) is 0 Å². The summed E-state index contributed by atoms with van der Waals surface area (Å²) in [7, 11) is 0. The fraction of sp³-hybridized carbons (Fsp3) is 0.579. The number of imidazole rings is 1. The zero-order chi connectivity index (χ0) is 18.3. The van der Waals surface area contributed by atoms with Crippen molar-refractivity contribution in [1.29, 1.82) is 0 Å². The number of rotatable bonds is 3. The Hall–Kier alpha value is -2.12. The van der Waals surface area contributed by atoms with E-state index in [1.165, 1.54) is 0 Å². The molecule has 2 atom stereocenters. The maximum absolute atomic E-state index is 12.5. The van der Waals surface area contributed by atoms with Crippen molar-refractivity contribution in [2.24, 2.45) is 5.73 Å². The Bertz CT molecular complexity index is 863. The molecular weight excluding hydrogens is 332 g/mol. The lowest BCUT2D eigenvalue weighted by Crippen LogP contribution is -2.34. The summed E-state index contributed by atoms with van der Waals surface area (Å²) in [6.07, 6.45) is 5.42. The molecule has 2 fully saturated rings. The molecule has 5 N–H and O–H groups in total. The molecular formula is C19H26N4O3. The van der Waals surface area contributed by atoms with Crippen LogP contribution in [-0.2, 0) is 0 Å². The molecule has 0 unspecified atom stereocenters. The number of amides is 1. The molecule has 26 heavy (non-hydrogen) atoms. The summed E-state index contributed by atoms with van der Waals surface area (Å²) in [4.78, 5) is 27.8. The van der Waals surface area contributed by atoms with Gasteiger partial charge in [-0.05, 0) is 63.1 Å². The van der Waals surface area contributed by atoms with Gasteiger partial charge in [-0.2, -0.15) is 0 Å². The minimum absolute atomic E-state index is 0.0966. The molecule has 2 saturated carbocycles. The molecule has 2 aliphatic carbocycles. The molecule has 1 amide bonds. The Morgan fingerprint density at radius 1 is 1.19 bits per heavy atom. The van der Waals surface area contributed by atoms with E-state index >= 15 is 0 Å². The highest BCUT2D eigenvalue weighted by molar-refractivity contribution is 5.97. The topological polar surface area (TPSA) is 113 Å². The highest BCUT2D eigenvalue weighted by atomic mass is 16.3. The van der Waals surface area contributed by atoms with E-state index in [1.54, 1.807) is 16.7 Å². The number of aromatic nitrogens is 2. The molecule has 0 radical (unpaired) electrons. The maximum Gasteiger partial charge on any atom is 0.326 e. The van der Waals surface area contributed by atoms with Crippen LogP contribution in [0, 0.1) is 0 Å². The van der Waals surface area contributed by atoms with E-state index in [0.717, 1.165) is 37.6 Å². The number of aliphatic hydroxyl groups excluding tert-OH is 1. The highest BCUT2D eigenvalue weighted by Crippen LogP contribution is 2.30. The number of carbonyl (C=O) groups excluding carboxylic acids is 1. The van der Waals surface area contributed by atoms with Crippen molar-refractivity contribution in [3.63, 3.8) is 0 Å². The minimum atomic E-state index is -0.258. The van der Waals surface area contributed by atoms with E-state index in [2.05, 4.69) is 10.3 Å². The summed E-state index contributed by atoms with van der Waals surface area (Å²) in [5.74, 6) is -0.125. The van der Waals surface area contributed by atoms with Crippen LogP contribution in [0.3, 0.4) is 0 Å². The molecule has 0 aliphatic heterocycles. The second kappa shape index (κ2) is 6.89. The third-order valence-corrected chi connectivity index (χ3v) is 5.82. The fourth-order valence-corrected chi connectivity index (χ4v) is 4.37. The first-order valence-corrected chi connectivity index (χ1v) is 9.50. The number of hydrogen-bond donors (Lipinski definition) is 4. The average Bonchev–Trinajstić information content (AvgIpc) is 3.17. The van der Waals surface area contributed by atoms with E-state index in [1.807, 2.05) is 6.07 Å². The lowest BCUT2D eigenvalue weighted by atomic mass is 9.93. The van der Waals surface area contributed by atoms with Gasteiger partial charge in [0.2, 0.25) is 0 Å². The predicted molar refractivity (Wildman–Crippen MR) is 99.2 cm³/mol. The van der Waals surface area contributed by atoms with Crippen molar-refractivity contribution in [2.75, 3.05) is 0 Å². The third kappa shape index (κ3) is 3.29. The van der Waals surface area contributed by atoms with E-state index < -0.39 is 0 Å². The van der Waals surface area contributed by atoms with Crippen molar-refractivity contribution in [2.45, 2.75) is 69.2 Å². The van der Waals surface area contributed by atoms with Gasteiger partial charge in [0, 0.05) is 23.7 Å². The van der Waals surface area contributed by atoms with Gasteiger partial charge in [-0.25, -0.2) is 4.79 Å². The summed E-state index contributed by atoms with van der Waals surface area (Å²) in [5.41, 5.74) is 7.79. The number of aromatic amines is 1. The summed E-state index contributed by atoms with van der Waals surface area (Å²) in [6, 6.07) is 5.75. The van der Waals surface area contributed by atoms with Gasteiger partial charge in [-0.3, -0.25) is 9.36 Å². The largest absolute Gasteiger partial charge is 0.393 e. The lowest BCUT2D eigenvalue weighted by Gasteiger charge is -2.26. The highest BCUT2D eigenvalue weighted by Gasteiger charge is 2.25. The average molecular weight is 358 g/mol. The van der Waals surface area contributed by atoms with Gasteiger partial charge in [0.25, 0.3) is 5.91 Å². The van der Waals surface area contributed by atoms with Gasteiger partial charge in [0.05, 0.1) is 17.1 Å². The van der Waals surface area contributed by atoms with Crippen molar-refractivity contribution < 1.29 is 9.90 Å². The van der Waals surface area contributed by atoms with Crippen molar-refractivity contribution in [3.05, 3.63) is 34.2 Å². The first-order valence-electron chi connectivity index (χ1n) is 9.50. The van der Waals surface area contributed by atoms with Crippen LogP contribution in [0.2, 0.25) is 0 Å². The van der Waals surface area contributed by atoms with Gasteiger partial charge in [0.1, 0.15) is 0 Å². The minimum Gasteiger partial charge on any atom is -0.393 e. The van der Waals surface area contributed by atoms with Crippen molar-refractivity contribution in [3.8, 4) is 0 Å². The SMILES string of the molecule is N[C@@H]1CC[C@@H](NC(=O)c2ccc3c(c2)[nH]c(=O)n3C2CCC(O)CC2)C1. The van der Waals surface area contributed by atoms with Gasteiger partial charge >= 0.3 is 5.69 Å². The second-order valence-electron chi connectivity index (χ2n) is 7.74. The van der Waals surface area contributed by atoms with Crippen molar-refractivity contribution >= 4 is 16.9 Å².